The molecule has 1 saturated heterocycles. The Hall–Kier alpha value is -1.79. The van der Waals surface area contributed by atoms with Gasteiger partial charge in [-0.15, -0.1) is 0 Å². The third-order valence-corrected chi connectivity index (χ3v) is 4.76. The predicted octanol–water partition coefficient (Wildman–Crippen LogP) is 2.42. The first-order valence-electron chi connectivity index (χ1n) is 9.68. The normalized spacial score (nSPS) is 17.0. The highest BCUT2D eigenvalue weighted by Crippen LogP contribution is 2.25. The Morgan fingerprint density at radius 3 is 2.50 bits per heavy atom. The molecule has 0 aromatic heterocycles. The summed E-state index contributed by atoms with van der Waals surface area (Å²) >= 11 is 0. The number of rotatable bonds is 9. The van der Waals surface area contributed by atoms with E-state index in [4.69, 9.17) is 9.47 Å². The summed E-state index contributed by atoms with van der Waals surface area (Å²) in [5, 5.41) is 6.79. The summed E-state index contributed by atoms with van der Waals surface area (Å²) in [6, 6.07) is 8.76. The molecule has 1 heterocycles. The maximum atomic E-state index is 5.37. The van der Waals surface area contributed by atoms with Crippen LogP contribution >= 0.6 is 0 Å². The molecule has 1 aliphatic rings. The van der Waals surface area contributed by atoms with Crippen LogP contribution in [-0.2, 0) is 4.74 Å². The van der Waals surface area contributed by atoms with Crippen LogP contribution in [-0.4, -0.2) is 64.4 Å². The molecule has 1 fully saturated rings. The molecule has 1 aromatic rings. The van der Waals surface area contributed by atoms with Crippen LogP contribution < -0.4 is 15.4 Å². The summed E-state index contributed by atoms with van der Waals surface area (Å²) in [5.41, 5.74) is 1.31. The summed E-state index contributed by atoms with van der Waals surface area (Å²) in [4.78, 5) is 6.90. The molecule has 26 heavy (non-hydrogen) atoms. The number of aliphatic imine (C=N–C) groups is 1. The van der Waals surface area contributed by atoms with Crippen molar-refractivity contribution < 1.29 is 9.47 Å². The van der Waals surface area contributed by atoms with E-state index in [0.717, 1.165) is 44.5 Å². The molecule has 0 saturated carbocycles. The number of nitrogens with zero attached hydrogens (tertiary/aromatic N) is 2. The van der Waals surface area contributed by atoms with Gasteiger partial charge in [0, 0.05) is 26.7 Å². The van der Waals surface area contributed by atoms with Crippen LogP contribution in [0.25, 0.3) is 0 Å². The fourth-order valence-electron chi connectivity index (χ4n) is 3.31. The summed E-state index contributed by atoms with van der Waals surface area (Å²) in [5.74, 6) is 1.72. The summed E-state index contributed by atoms with van der Waals surface area (Å²) in [7, 11) is 3.51. The van der Waals surface area contributed by atoms with Crippen LogP contribution in [0, 0.1) is 0 Å². The molecule has 6 nitrogen and oxygen atoms in total. The van der Waals surface area contributed by atoms with Crippen LogP contribution in [0.4, 0.5) is 0 Å². The van der Waals surface area contributed by atoms with Gasteiger partial charge in [0.1, 0.15) is 5.75 Å². The van der Waals surface area contributed by atoms with Crippen molar-refractivity contribution in [2.24, 2.45) is 4.99 Å². The number of piperidine rings is 1. The second-order valence-corrected chi connectivity index (χ2v) is 6.46. The van der Waals surface area contributed by atoms with Crippen molar-refractivity contribution in [2.45, 2.75) is 32.2 Å². The van der Waals surface area contributed by atoms with Gasteiger partial charge in [0.15, 0.2) is 5.96 Å². The Morgan fingerprint density at radius 2 is 1.88 bits per heavy atom. The molecular formula is C20H34N4O2. The lowest BCUT2D eigenvalue weighted by molar-refractivity contribution is 0.152. The standard InChI is InChI=1S/C20H34N4O2/c1-4-26-15-12-22-20(21-2)23-16-19(24-13-6-5-7-14-24)17-8-10-18(25-3)11-9-17/h8-11,19H,4-7,12-16H2,1-3H3,(H2,21,22,23). The lowest BCUT2D eigenvalue weighted by Crippen LogP contribution is -2.45. The maximum Gasteiger partial charge on any atom is 0.191 e. The molecule has 0 amide bonds. The van der Waals surface area contributed by atoms with E-state index in [-0.39, 0.29) is 0 Å². The smallest absolute Gasteiger partial charge is 0.191 e. The van der Waals surface area contributed by atoms with E-state index in [1.807, 2.05) is 19.1 Å². The van der Waals surface area contributed by atoms with Gasteiger partial charge in [-0.1, -0.05) is 18.6 Å². The average Bonchev–Trinajstić information content (AvgIpc) is 2.71. The monoisotopic (exact) mass is 362 g/mol. The lowest BCUT2D eigenvalue weighted by Gasteiger charge is -2.35. The van der Waals surface area contributed by atoms with E-state index < -0.39 is 0 Å². The minimum atomic E-state index is 0.326. The number of hydrogen-bond acceptors (Lipinski definition) is 4. The first-order chi connectivity index (χ1) is 12.8. The zero-order valence-electron chi connectivity index (χ0n) is 16.5. The third kappa shape index (κ3) is 6.50. The summed E-state index contributed by atoms with van der Waals surface area (Å²) < 4.78 is 10.7. The number of guanidine groups is 1. The van der Waals surface area contributed by atoms with Crippen molar-refractivity contribution in [3.05, 3.63) is 29.8 Å². The molecule has 2 rings (SSSR count). The highest BCUT2D eigenvalue weighted by atomic mass is 16.5. The minimum Gasteiger partial charge on any atom is -0.497 e. The lowest BCUT2D eigenvalue weighted by atomic mass is 10.0. The quantitative estimate of drug-likeness (QED) is 0.401. The fourth-order valence-corrected chi connectivity index (χ4v) is 3.31. The molecule has 0 bridgehead atoms. The maximum absolute atomic E-state index is 5.37. The predicted molar refractivity (Wildman–Crippen MR) is 107 cm³/mol. The number of ether oxygens (including phenoxy) is 2. The summed E-state index contributed by atoms with van der Waals surface area (Å²) in [6.07, 6.45) is 3.88. The first-order valence-corrected chi connectivity index (χ1v) is 9.68. The molecule has 146 valence electrons. The van der Waals surface area contributed by atoms with Gasteiger partial charge in [0.2, 0.25) is 0 Å². The molecule has 1 atom stereocenters. The van der Waals surface area contributed by atoms with Crippen LogP contribution in [0.3, 0.4) is 0 Å². The Balaban J connectivity index is 1.98. The highest BCUT2D eigenvalue weighted by Gasteiger charge is 2.22. The topological polar surface area (TPSA) is 58.1 Å². The molecule has 0 spiro atoms. The van der Waals surface area contributed by atoms with Gasteiger partial charge in [-0.05, 0) is 50.6 Å². The van der Waals surface area contributed by atoms with E-state index in [1.165, 1.54) is 24.8 Å². The van der Waals surface area contributed by atoms with E-state index in [0.29, 0.717) is 12.6 Å². The van der Waals surface area contributed by atoms with Crippen molar-refractivity contribution in [1.82, 2.24) is 15.5 Å². The van der Waals surface area contributed by atoms with E-state index in [2.05, 4.69) is 32.7 Å². The fraction of sp³-hybridized carbons (Fsp3) is 0.650. The van der Waals surface area contributed by atoms with Crippen LogP contribution in [0.5, 0.6) is 5.75 Å². The molecule has 6 heteroatoms. The molecule has 1 aromatic carbocycles. The van der Waals surface area contributed by atoms with Crippen molar-refractivity contribution >= 4 is 5.96 Å². The van der Waals surface area contributed by atoms with Crippen molar-refractivity contribution in [3.63, 3.8) is 0 Å². The summed E-state index contributed by atoms with van der Waals surface area (Å²) in [6.45, 7) is 7.30. The van der Waals surface area contributed by atoms with Gasteiger partial charge in [-0.3, -0.25) is 9.89 Å². The van der Waals surface area contributed by atoms with E-state index in [1.54, 1.807) is 14.2 Å². The minimum absolute atomic E-state index is 0.326. The average molecular weight is 363 g/mol. The molecule has 1 aliphatic heterocycles. The van der Waals surface area contributed by atoms with Crippen LogP contribution in [0.1, 0.15) is 37.8 Å². The Morgan fingerprint density at radius 1 is 1.15 bits per heavy atom. The Bertz CT molecular complexity index is 527. The Labute approximate surface area is 158 Å². The number of benzene rings is 1. The van der Waals surface area contributed by atoms with Gasteiger partial charge < -0.3 is 20.1 Å². The van der Waals surface area contributed by atoms with Crippen LogP contribution in [0.2, 0.25) is 0 Å². The molecule has 2 N–H and O–H groups in total. The first kappa shape index (κ1) is 20.5. The molecule has 0 aliphatic carbocycles. The van der Waals surface area contributed by atoms with Crippen molar-refractivity contribution in [1.29, 1.82) is 0 Å². The largest absolute Gasteiger partial charge is 0.497 e. The van der Waals surface area contributed by atoms with Gasteiger partial charge in [0.05, 0.1) is 19.8 Å². The number of hydrogen-bond donors (Lipinski definition) is 2. The third-order valence-electron chi connectivity index (χ3n) is 4.76. The SMILES string of the molecule is CCOCCNC(=NC)NCC(c1ccc(OC)cc1)N1CCCCC1. The molecule has 0 radical (unpaired) electrons. The number of likely N-dealkylation sites (tertiary alicyclic amines) is 1. The van der Waals surface area contributed by atoms with Gasteiger partial charge in [-0.25, -0.2) is 0 Å². The van der Waals surface area contributed by atoms with Gasteiger partial charge in [0.25, 0.3) is 0 Å². The molecule has 1 unspecified atom stereocenters. The highest BCUT2D eigenvalue weighted by molar-refractivity contribution is 5.79. The zero-order chi connectivity index (χ0) is 18.6. The van der Waals surface area contributed by atoms with Crippen molar-refractivity contribution in [3.8, 4) is 5.75 Å². The van der Waals surface area contributed by atoms with E-state index in [9.17, 15) is 0 Å². The number of methoxy groups -OCH3 is 1. The number of nitrogens with one attached hydrogen (secondary N) is 2. The van der Waals surface area contributed by atoms with Crippen LogP contribution in [0.15, 0.2) is 29.3 Å². The van der Waals surface area contributed by atoms with Gasteiger partial charge in [-0.2, -0.15) is 0 Å². The van der Waals surface area contributed by atoms with Crippen molar-refractivity contribution in [2.75, 3.05) is 53.6 Å². The van der Waals surface area contributed by atoms with E-state index >= 15 is 0 Å². The second-order valence-electron chi connectivity index (χ2n) is 6.46. The second kappa shape index (κ2) is 11.8. The van der Waals surface area contributed by atoms with Gasteiger partial charge >= 0.3 is 0 Å². The Kier molecular flexibility index (Phi) is 9.28. The zero-order valence-corrected chi connectivity index (χ0v) is 16.5. The molecular weight excluding hydrogens is 328 g/mol.